The molecule has 28 heavy (non-hydrogen) atoms. The lowest BCUT2D eigenvalue weighted by atomic mass is 9.89. The number of carbonyl (C=O) groups is 1. The Morgan fingerprint density at radius 3 is 2.61 bits per heavy atom. The minimum Gasteiger partial charge on any atom is -0.383 e. The number of hydrogen-bond donors (Lipinski definition) is 1. The van der Waals surface area contributed by atoms with Gasteiger partial charge >= 0.3 is 0 Å². The average molecular weight is 373 g/mol. The maximum atomic E-state index is 13.1. The summed E-state index contributed by atoms with van der Waals surface area (Å²) in [4.78, 5) is 14.8. The number of nitrogens with zero attached hydrogens (tertiary/aromatic N) is 3. The van der Waals surface area contributed by atoms with E-state index in [1.165, 1.54) is 0 Å². The van der Waals surface area contributed by atoms with Gasteiger partial charge in [0.15, 0.2) is 0 Å². The molecule has 3 aromatic rings. The SMILES string of the molecule is Cc1ccc(-c2cccc(C(=O)N3CCC(O)(c4ccccc4C)C3)c2)nn1. The van der Waals surface area contributed by atoms with Gasteiger partial charge in [0, 0.05) is 17.7 Å². The highest BCUT2D eigenvalue weighted by molar-refractivity contribution is 5.95. The van der Waals surface area contributed by atoms with E-state index < -0.39 is 5.60 Å². The molecule has 0 saturated carbocycles. The molecule has 1 fully saturated rings. The third kappa shape index (κ3) is 3.41. The van der Waals surface area contributed by atoms with Gasteiger partial charge < -0.3 is 10.0 Å². The van der Waals surface area contributed by atoms with Gasteiger partial charge in [-0.25, -0.2) is 0 Å². The zero-order valence-corrected chi connectivity index (χ0v) is 16.1. The number of aliphatic hydroxyl groups is 1. The minimum absolute atomic E-state index is 0.0774. The number of rotatable bonds is 3. The van der Waals surface area contributed by atoms with Gasteiger partial charge in [0.25, 0.3) is 5.91 Å². The van der Waals surface area contributed by atoms with Crippen molar-refractivity contribution in [3.05, 3.63) is 83.0 Å². The molecule has 1 aliphatic heterocycles. The van der Waals surface area contributed by atoms with Crippen LogP contribution in [0.4, 0.5) is 0 Å². The highest BCUT2D eigenvalue weighted by atomic mass is 16.3. The maximum Gasteiger partial charge on any atom is 0.253 e. The molecule has 0 aliphatic carbocycles. The van der Waals surface area contributed by atoms with E-state index >= 15 is 0 Å². The topological polar surface area (TPSA) is 66.3 Å². The van der Waals surface area contributed by atoms with E-state index in [-0.39, 0.29) is 5.91 Å². The van der Waals surface area contributed by atoms with Crippen molar-refractivity contribution in [3.63, 3.8) is 0 Å². The molecule has 2 heterocycles. The summed E-state index contributed by atoms with van der Waals surface area (Å²) < 4.78 is 0. The van der Waals surface area contributed by atoms with Gasteiger partial charge in [-0.1, -0.05) is 36.4 Å². The normalized spacial score (nSPS) is 19.0. The van der Waals surface area contributed by atoms with Crippen molar-refractivity contribution in [1.29, 1.82) is 0 Å². The zero-order chi connectivity index (χ0) is 19.7. The maximum absolute atomic E-state index is 13.1. The van der Waals surface area contributed by atoms with Crippen molar-refractivity contribution in [3.8, 4) is 11.3 Å². The second-order valence-electron chi connectivity index (χ2n) is 7.46. The molecule has 0 spiro atoms. The van der Waals surface area contributed by atoms with Gasteiger partial charge in [0.05, 0.1) is 17.9 Å². The first-order valence-corrected chi connectivity index (χ1v) is 9.45. The zero-order valence-electron chi connectivity index (χ0n) is 16.1. The van der Waals surface area contributed by atoms with Crippen molar-refractivity contribution >= 4 is 5.91 Å². The first-order valence-electron chi connectivity index (χ1n) is 9.45. The van der Waals surface area contributed by atoms with E-state index in [1.54, 1.807) is 11.0 Å². The molecule has 1 aromatic heterocycles. The fraction of sp³-hybridized carbons (Fsp3) is 0.261. The lowest BCUT2D eigenvalue weighted by Gasteiger charge is -2.25. The predicted molar refractivity (Wildman–Crippen MR) is 108 cm³/mol. The standard InChI is InChI=1S/C23H23N3O2/c1-16-6-3-4-9-20(16)23(28)12-13-26(15-23)22(27)19-8-5-7-18(14-19)21-11-10-17(2)24-25-21/h3-11,14,28H,12-13,15H2,1-2H3. The van der Waals surface area contributed by atoms with Crippen LogP contribution in [0.15, 0.2) is 60.7 Å². The van der Waals surface area contributed by atoms with Crippen molar-refractivity contribution in [2.75, 3.05) is 13.1 Å². The second-order valence-corrected chi connectivity index (χ2v) is 7.46. The molecular weight excluding hydrogens is 350 g/mol. The quantitative estimate of drug-likeness (QED) is 0.763. The fourth-order valence-corrected chi connectivity index (χ4v) is 3.83. The summed E-state index contributed by atoms with van der Waals surface area (Å²) >= 11 is 0. The van der Waals surface area contributed by atoms with E-state index in [9.17, 15) is 9.90 Å². The predicted octanol–water partition coefficient (Wildman–Crippen LogP) is 3.49. The molecule has 1 amide bonds. The summed E-state index contributed by atoms with van der Waals surface area (Å²) in [6.45, 7) is 4.70. The molecule has 1 N–H and O–H groups in total. The van der Waals surface area contributed by atoms with Crippen LogP contribution in [0, 0.1) is 13.8 Å². The number of hydrogen-bond acceptors (Lipinski definition) is 4. The van der Waals surface area contributed by atoms with Crippen LogP contribution in [0.5, 0.6) is 0 Å². The molecule has 5 nitrogen and oxygen atoms in total. The summed E-state index contributed by atoms with van der Waals surface area (Å²) in [5.41, 5.74) is 3.97. The number of aromatic nitrogens is 2. The lowest BCUT2D eigenvalue weighted by Crippen LogP contribution is -2.34. The lowest BCUT2D eigenvalue weighted by molar-refractivity contribution is 0.0412. The largest absolute Gasteiger partial charge is 0.383 e. The molecular formula is C23H23N3O2. The Kier molecular flexibility index (Phi) is 4.69. The number of carbonyl (C=O) groups excluding carboxylic acids is 1. The van der Waals surface area contributed by atoms with Gasteiger partial charge in [-0.3, -0.25) is 4.79 Å². The van der Waals surface area contributed by atoms with Crippen molar-refractivity contribution in [2.45, 2.75) is 25.9 Å². The average Bonchev–Trinajstić information content (AvgIpc) is 3.11. The number of likely N-dealkylation sites (tertiary alicyclic amines) is 1. The Bertz CT molecular complexity index is 1020. The molecule has 4 rings (SSSR count). The number of benzene rings is 2. The van der Waals surface area contributed by atoms with Crippen LogP contribution in [0.25, 0.3) is 11.3 Å². The smallest absolute Gasteiger partial charge is 0.253 e. The number of aryl methyl sites for hydroxylation is 2. The third-order valence-corrected chi connectivity index (χ3v) is 5.38. The van der Waals surface area contributed by atoms with Crippen LogP contribution >= 0.6 is 0 Å². The molecule has 2 aromatic carbocycles. The fourth-order valence-electron chi connectivity index (χ4n) is 3.83. The van der Waals surface area contributed by atoms with Crippen molar-refractivity contribution in [2.24, 2.45) is 0 Å². The Morgan fingerprint density at radius 2 is 1.86 bits per heavy atom. The second kappa shape index (κ2) is 7.17. The summed E-state index contributed by atoms with van der Waals surface area (Å²) in [6.07, 6.45) is 0.534. The Hall–Kier alpha value is -3.05. The third-order valence-electron chi connectivity index (χ3n) is 5.38. The van der Waals surface area contributed by atoms with E-state index in [2.05, 4.69) is 10.2 Å². The summed E-state index contributed by atoms with van der Waals surface area (Å²) in [6, 6.07) is 19.0. The van der Waals surface area contributed by atoms with Crippen LogP contribution < -0.4 is 0 Å². The number of amides is 1. The Morgan fingerprint density at radius 1 is 1.04 bits per heavy atom. The molecule has 5 heteroatoms. The molecule has 1 atom stereocenters. The van der Waals surface area contributed by atoms with E-state index in [4.69, 9.17) is 0 Å². The van der Waals surface area contributed by atoms with Crippen molar-refractivity contribution in [1.82, 2.24) is 15.1 Å². The molecule has 1 saturated heterocycles. The molecule has 0 radical (unpaired) electrons. The van der Waals surface area contributed by atoms with Gasteiger partial charge in [-0.2, -0.15) is 10.2 Å². The van der Waals surface area contributed by atoms with Gasteiger partial charge in [-0.15, -0.1) is 0 Å². The molecule has 1 unspecified atom stereocenters. The molecule has 1 aliphatic rings. The van der Waals surface area contributed by atoms with Crippen LogP contribution in [-0.2, 0) is 5.60 Å². The monoisotopic (exact) mass is 373 g/mol. The van der Waals surface area contributed by atoms with Gasteiger partial charge in [0.1, 0.15) is 5.60 Å². The summed E-state index contributed by atoms with van der Waals surface area (Å²) in [5, 5.41) is 19.5. The first kappa shape index (κ1) is 18.3. The highest BCUT2D eigenvalue weighted by Crippen LogP contribution is 2.34. The van der Waals surface area contributed by atoms with Crippen LogP contribution in [0.1, 0.15) is 33.6 Å². The van der Waals surface area contributed by atoms with E-state index in [0.717, 1.165) is 28.1 Å². The van der Waals surface area contributed by atoms with E-state index in [1.807, 2.05) is 68.4 Å². The van der Waals surface area contributed by atoms with Crippen LogP contribution in [-0.4, -0.2) is 39.2 Å². The van der Waals surface area contributed by atoms with Crippen molar-refractivity contribution < 1.29 is 9.90 Å². The summed E-state index contributed by atoms with van der Waals surface area (Å²) in [5.74, 6) is -0.0774. The van der Waals surface area contributed by atoms with E-state index in [0.29, 0.717) is 25.1 Å². The van der Waals surface area contributed by atoms with Gasteiger partial charge in [-0.05, 0) is 55.7 Å². The number of β-amino-alcohol motifs (C(OH)–C–C–N with tert-alkyl or cyclic N) is 1. The molecule has 0 bridgehead atoms. The minimum atomic E-state index is -0.999. The Labute approximate surface area is 164 Å². The van der Waals surface area contributed by atoms with Gasteiger partial charge in [0.2, 0.25) is 0 Å². The first-order chi connectivity index (χ1) is 13.5. The summed E-state index contributed by atoms with van der Waals surface area (Å²) in [7, 11) is 0. The van der Waals surface area contributed by atoms with Crippen LogP contribution in [0.2, 0.25) is 0 Å². The molecule has 142 valence electrons. The Balaban J connectivity index is 1.57. The highest BCUT2D eigenvalue weighted by Gasteiger charge is 2.40. The van der Waals surface area contributed by atoms with Crippen LogP contribution in [0.3, 0.4) is 0 Å².